The van der Waals surface area contributed by atoms with Crippen molar-refractivity contribution in [3.05, 3.63) is 89.5 Å². The number of benzene rings is 3. The van der Waals surface area contributed by atoms with Gasteiger partial charge in [-0.2, -0.15) is 4.80 Å². The summed E-state index contributed by atoms with van der Waals surface area (Å²) in [5, 5.41) is 15.2. The molecule has 166 valence electrons. The maximum Gasteiger partial charge on any atom is 0.250 e. The lowest BCUT2D eigenvalue weighted by atomic mass is 10.0. The molecule has 0 bridgehead atoms. The van der Waals surface area contributed by atoms with Gasteiger partial charge < -0.3 is 5.32 Å². The fourth-order valence-electron chi connectivity index (χ4n) is 3.35. The smallest absolute Gasteiger partial charge is 0.250 e. The summed E-state index contributed by atoms with van der Waals surface area (Å²) in [6, 6.07) is 21.7. The molecule has 4 rings (SSSR count). The second-order valence-corrected chi connectivity index (χ2v) is 8.49. The molecule has 4 aromatic rings. The maximum absolute atomic E-state index is 12.2. The average Bonchev–Trinajstić information content (AvgIpc) is 3.21. The third-order valence-electron chi connectivity index (χ3n) is 5.23. The Morgan fingerprint density at radius 3 is 2.33 bits per heavy atom. The number of carbonyl (C=O) groups excluding carboxylic acids is 1. The number of nitrogens with one attached hydrogen (secondary N) is 2. The van der Waals surface area contributed by atoms with Crippen molar-refractivity contribution < 1.29 is 4.79 Å². The Labute approximate surface area is 198 Å². The van der Waals surface area contributed by atoms with Gasteiger partial charge in [-0.3, -0.25) is 10.1 Å². The van der Waals surface area contributed by atoms with Crippen molar-refractivity contribution in [1.82, 2.24) is 20.3 Å². The molecular formula is C26H25N5OS. The van der Waals surface area contributed by atoms with Crippen molar-refractivity contribution >= 4 is 46.0 Å². The van der Waals surface area contributed by atoms with Crippen LogP contribution in [0.1, 0.15) is 36.5 Å². The summed E-state index contributed by atoms with van der Waals surface area (Å²) in [4.78, 5) is 13.8. The zero-order valence-corrected chi connectivity index (χ0v) is 19.6. The number of fused-ring (bicyclic) bond motifs is 1. The second-order valence-electron chi connectivity index (χ2n) is 8.08. The van der Waals surface area contributed by atoms with Gasteiger partial charge in [-0.05, 0) is 72.1 Å². The number of amides is 1. The summed E-state index contributed by atoms with van der Waals surface area (Å²) in [6.45, 7) is 6.29. The Bertz CT molecular complexity index is 1320. The Morgan fingerprint density at radius 1 is 1.00 bits per heavy atom. The van der Waals surface area contributed by atoms with Gasteiger partial charge in [-0.15, -0.1) is 10.2 Å². The van der Waals surface area contributed by atoms with Crippen molar-refractivity contribution in [2.24, 2.45) is 0 Å². The van der Waals surface area contributed by atoms with E-state index in [9.17, 15) is 4.79 Å². The Balaban J connectivity index is 1.46. The first kappa shape index (κ1) is 22.4. The minimum Gasteiger partial charge on any atom is -0.332 e. The van der Waals surface area contributed by atoms with Crippen LogP contribution < -0.4 is 10.6 Å². The Morgan fingerprint density at radius 2 is 1.67 bits per heavy atom. The first-order valence-electron chi connectivity index (χ1n) is 10.7. The van der Waals surface area contributed by atoms with Crippen LogP contribution in [-0.2, 0) is 4.79 Å². The summed E-state index contributed by atoms with van der Waals surface area (Å²) >= 11 is 5.32. The molecule has 6 nitrogen and oxygen atoms in total. The zero-order chi connectivity index (χ0) is 23.4. The van der Waals surface area contributed by atoms with Gasteiger partial charge >= 0.3 is 0 Å². The van der Waals surface area contributed by atoms with Crippen LogP contribution in [0.3, 0.4) is 0 Å². The summed E-state index contributed by atoms with van der Waals surface area (Å²) in [6.07, 6.45) is 3.19. The van der Waals surface area contributed by atoms with E-state index in [2.05, 4.69) is 46.8 Å². The van der Waals surface area contributed by atoms with Gasteiger partial charge in [0.2, 0.25) is 5.91 Å². The number of hydrogen-bond acceptors (Lipinski definition) is 4. The third kappa shape index (κ3) is 5.51. The molecule has 0 aliphatic heterocycles. The van der Waals surface area contributed by atoms with Crippen LogP contribution in [0.2, 0.25) is 0 Å². The summed E-state index contributed by atoms with van der Waals surface area (Å²) < 4.78 is 0. The van der Waals surface area contributed by atoms with Crippen molar-refractivity contribution in [2.75, 3.05) is 5.32 Å². The van der Waals surface area contributed by atoms with Gasteiger partial charge in [-0.25, -0.2) is 0 Å². The molecule has 3 aromatic carbocycles. The lowest BCUT2D eigenvalue weighted by Gasteiger charge is -2.10. The normalized spacial score (nSPS) is 11.3. The molecule has 0 saturated carbocycles. The van der Waals surface area contributed by atoms with Gasteiger partial charge in [-0.1, -0.05) is 56.3 Å². The van der Waals surface area contributed by atoms with Crippen LogP contribution in [0.5, 0.6) is 0 Å². The number of hydrogen-bond donors (Lipinski definition) is 2. The number of nitrogens with zero attached hydrogens (tertiary/aromatic N) is 3. The SMILES string of the molecule is Cc1cc2nn(-c3ccc(C(C)C)cc3)nc2cc1NC(=S)NC(=O)/C=C/c1ccccc1. The quantitative estimate of drug-likeness (QED) is 0.312. The summed E-state index contributed by atoms with van der Waals surface area (Å²) in [5.41, 5.74) is 6.33. The summed E-state index contributed by atoms with van der Waals surface area (Å²) in [5.74, 6) is 0.170. The first-order chi connectivity index (χ1) is 15.9. The van der Waals surface area contributed by atoms with E-state index in [4.69, 9.17) is 12.2 Å². The van der Waals surface area contributed by atoms with E-state index in [1.807, 2.05) is 61.5 Å². The first-order valence-corrected chi connectivity index (χ1v) is 11.1. The Hall–Kier alpha value is -3.84. The van der Waals surface area contributed by atoms with E-state index in [0.717, 1.165) is 33.5 Å². The molecule has 1 heterocycles. The number of aromatic nitrogens is 3. The lowest BCUT2D eigenvalue weighted by molar-refractivity contribution is -0.115. The second kappa shape index (κ2) is 9.75. The highest BCUT2D eigenvalue weighted by atomic mass is 32.1. The largest absolute Gasteiger partial charge is 0.332 e. The number of carbonyl (C=O) groups is 1. The van der Waals surface area contributed by atoms with Gasteiger partial charge in [0.1, 0.15) is 11.0 Å². The topological polar surface area (TPSA) is 71.8 Å². The van der Waals surface area contributed by atoms with Crippen LogP contribution in [0.15, 0.2) is 72.8 Å². The molecule has 0 saturated heterocycles. The molecule has 1 aromatic heterocycles. The third-order valence-corrected chi connectivity index (χ3v) is 5.43. The molecule has 7 heteroatoms. The van der Waals surface area contributed by atoms with Crippen LogP contribution in [0.4, 0.5) is 5.69 Å². The van der Waals surface area contributed by atoms with E-state index in [0.29, 0.717) is 5.92 Å². The molecule has 0 atom stereocenters. The van der Waals surface area contributed by atoms with Crippen LogP contribution >= 0.6 is 12.2 Å². The molecule has 0 aliphatic carbocycles. The summed E-state index contributed by atoms with van der Waals surface area (Å²) in [7, 11) is 0. The van der Waals surface area contributed by atoms with E-state index in [1.165, 1.54) is 11.6 Å². The van der Waals surface area contributed by atoms with E-state index >= 15 is 0 Å². The minimum absolute atomic E-state index is 0.219. The molecule has 2 N–H and O–H groups in total. The van der Waals surface area contributed by atoms with E-state index in [1.54, 1.807) is 10.9 Å². The fourth-order valence-corrected chi connectivity index (χ4v) is 3.56. The standard InChI is InChI=1S/C26H25N5OS/c1-17(2)20-10-12-21(13-11-20)31-29-23-15-18(3)22(16-24(23)30-31)27-26(33)28-25(32)14-9-19-7-5-4-6-8-19/h4-17H,1-3H3,(H2,27,28,32,33)/b14-9+. The van der Waals surface area contributed by atoms with Gasteiger partial charge in [0, 0.05) is 11.8 Å². The molecule has 0 fully saturated rings. The molecular weight excluding hydrogens is 430 g/mol. The van der Waals surface area contributed by atoms with E-state index in [-0.39, 0.29) is 11.0 Å². The van der Waals surface area contributed by atoms with Crippen molar-refractivity contribution in [3.63, 3.8) is 0 Å². The fraction of sp³-hybridized carbons (Fsp3) is 0.154. The van der Waals surface area contributed by atoms with Crippen molar-refractivity contribution in [1.29, 1.82) is 0 Å². The Kier molecular flexibility index (Phi) is 6.60. The molecule has 0 aliphatic rings. The molecule has 33 heavy (non-hydrogen) atoms. The van der Waals surface area contributed by atoms with Crippen LogP contribution in [0.25, 0.3) is 22.8 Å². The van der Waals surface area contributed by atoms with Crippen LogP contribution in [-0.4, -0.2) is 26.0 Å². The van der Waals surface area contributed by atoms with Crippen molar-refractivity contribution in [3.8, 4) is 5.69 Å². The molecule has 0 radical (unpaired) electrons. The van der Waals surface area contributed by atoms with Gasteiger partial charge in [0.15, 0.2) is 5.11 Å². The molecule has 1 amide bonds. The highest BCUT2D eigenvalue weighted by Gasteiger charge is 2.11. The minimum atomic E-state index is -0.300. The van der Waals surface area contributed by atoms with E-state index < -0.39 is 0 Å². The number of rotatable bonds is 5. The number of aryl methyl sites for hydroxylation is 1. The monoisotopic (exact) mass is 455 g/mol. The number of anilines is 1. The van der Waals surface area contributed by atoms with Gasteiger partial charge in [0.05, 0.1) is 5.69 Å². The highest BCUT2D eigenvalue weighted by molar-refractivity contribution is 7.80. The van der Waals surface area contributed by atoms with Crippen molar-refractivity contribution in [2.45, 2.75) is 26.7 Å². The van der Waals surface area contributed by atoms with Gasteiger partial charge in [0.25, 0.3) is 0 Å². The van der Waals surface area contributed by atoms with Crippen LogP contribution in [0, 0.1) is 6.92 Å². The predicted octanol–water partition coefficient (Wildman–Crippen LogP) is 5.38. The molecule has 0 unspecified atom stereocenters. The maximum atomic E-state index is 12.2. The lowest BCUT2D eigenvalue weighted by Crippen LogP contribution is -2.33. The zero-order valence-electron chi connectivity index (χ0n) is 18.7. The average molecular weight is 456 g/mol. The predicted molar refractivity (Wildman–Crippen MR) is 138 cm³/mol. The number of thiocarbonyl (C=S) groups is 1. The molecule has 0 spiro atoms. The highest BCUT2D eigenvalue weighted by Crippen LogP contribution is 2.23.